The van der Waals surface area contributed by atoms with E-state index in [0.717, 1.165) is 0 Å². The second-order valence-corrected chi connectivity index (χ2v) is 0.512. The number of aliphatic hydroxyl groups is 1. The summed E-state index contributed by atoms with van der Waals surface area (Å²) >= 11 is 0. The van der Waals surface area contributed by atoms with Crippen LogP contribution in [0.25, 0.3) is 0 Å². The molecular weight excluding hydrogens is 118 g/mol. The summed E-state index contributed by atoms with van der Waals surface area (Å²) in [5, 5.41) is 7.75. The van der Waals surface area contributed by atoms with Crippen molar-refractivity contribution in [1.82, 2.24) is 0 Å². The van der Waals surface area contributed by atoms with Crippen molar-refractivity contribution in [3.8, 4) is 0 Å². The fraction of sp³-hybridized carbons (Fsp3) is 1.00. The molecule has 0 atom stereocenters. The van der Waals surface area contributed by atoms with Gasteiger partial charge in [0.05, 0.1) is 6.61 Å². The van der Waals surface area contributed by atoms with Crippen LogP contribution in [0.2, 0.25) is 0 Å². The number of hydrogen-bond acceptors (Lipinski definition) is 2. The maximum Gasteiger partial charge on any atom is 0.0553 e. The molecule has 0 aliphatic carbocycles. The largest absolute Gasteiger partial charge is 0.412 e. The first-order chi connectivity index (χ1) is 1.91. The van der Waals surface area contributed by atoms with E-state index in [1.54, 1.807) is 0 Å². The number of hydrogen-bond donors (Lipinski definition) is 2. The maximum atomic E-state index is 7.75. The van der Waals surface area contributed by atoms with Crippen LogP contribution in [0.4, 0.5) is 0 Å². The van der Waals surface area contributed by atoms with Crippen molar-refractivity contribution in [1.29, 1.82) is 0 Å². The molecule has 0 amide bonds. The first-order valence-electron chi connectivity index (χ1n) is 1.22. The second kappa shape index (κ2) is 72.4. The van der Waals surface area contributed by atoms with Crippen molar-refractivity contribution in [2.45, 2.75) is 0 Å². The molecule has 0 unspecified atom stereocenters. The normalized spacial score (nSPS) is 3.75. The molecule has 0 aromatic heterocycles. The van der Waals surface area contributed by atoms with Gasteiger partial charge < -0.3 is 32.7 Å². The molecule has 0 aliphatic rings. The van der Waals surface area contributed by atoms with Gasteiger partial charge in [0.1, 0.15) is 0 Å². The van der Waals surface area contributed by atoms with E-state index in [2.05, 4.69) is 0 Å². The summed E-state index contributed by atoms with van der Waals surface area (Å²) in [6, 6.07) is 0. The second-order valence-electron chi connectivity index (χ2n) is 0.512. The van der Waals surface area contributed by atoms with Gasteiger partial charge in [-0.15, -0.1) is 0 Å². The molecule has 0 rings (SSSR count). The van der Waals surface area contributed by atoms with Crippen molar-refractivity contribution < 1.29 is 27.0 Å². The van der Waals surface area contributed by atoms with Crippen LogP contribution in [0.1, 0.15) is 0 Å². The Balaban J connectivity index is -0.00000000750. The van der Waals surface area contributed by atoms with Crippen molar-refractivity contribution in [2.24, 2.45) is 5.73 Å². The van der Waals surface area contributed by atoms with Gasteiger partial charge in [-0.05, 0) is 0 Å². The van der Waals surface area contributed by atoms with Gasteiger partial charge in [-0.25, -0.2) is 0 Å². The zero-order valence-electron chi connectivity index (χ0n) is 4.44. The third-order valence-electron chi connectivity index (χ3n) is 0.129. The molecule has 0 saturated heterocycles. The number of rotatable bonds is 1. The summed E-state index contributed by atoms with van der Waals surface area (Å²) in [7, 11) is 0. The van der Waals surface area contributed by atoms with Crippen LogP contribution in [0.5, 0.6) is 0 Å². The van der Waals surface area contributed by atoms with Crippen molar-refractivity contribution >= 4 is 0 Å². The Labute approximate surface area is 47.2 Å². The molecule has 58 valence electrons. The SMILES string of the molecule is NCCO.O.O.O.O. The lowest BCUT2D eigenvalue weighted by Gasteiger charge is -1.71. The highest BCUT2D eigenvalue weighted by Crippen LogP contribution is 1.33. The molecule has 6 nitrogen and oxygen atoms in total. The van der Waals surface area contributed by atoms with Gasteiger partial charge in [0.15, 0.2) is 0 Å². The minimum atomic E-state index is 0. The molecule has 0 fully saturated rings. The van der Waals surface area contributed by atoms with E-state index in [-0.39, 0.29) is 28.5 Å². The first-order valence-corrected chi connectivity index (χ1v) is 1.22. The zero-order chi connectivity index (χ0) is 3.41. The standard InChI is InChI=1S/C2H7NO.4H2O/c3-1-2-4;;;;/h4H,1-3H2;4*1H2. The topological polar surface area (TPSA) is 172 Å². The van der Waals surface area contributed by atoms with Gasteiger partial charge in [0.25, 0.3) is 0 Å². The van der Waals surface area contributed by atoms with Crippen LogP contribution in [0, 0.1) is 0 Å². The van der Waals surface area contributed by atoms with Gasteiger partial charge in [-0.3, -0.25) is 0 Å². The third kappa shape index (κ3) is 226. The Bertz CT molecular complexity index is 12.4. The van der Waals surface area contributed by atoms with Crippen LogP contribution >= 0.6 is 0 Å². The molecule has 0 aromatic rings. The average molecular weight is 133 g/mol. The lowest BCUT2D eigenvalue weighted by molar-refractivity contribution is 0.306. The van der Waals surface area contributed by atoms with Crippen LogP contribution in [-0.4, -0.2) is 40.2 Å². The molecule has 0 saturated carbocycles. The highest BCUT2D eigenvalue weighted by atomic mass is 16.3. The molecular formula is C2H15NO5. The van der Waals surface area contributed by atoms with Gasteiger partial charge in [0.2, 0.25) is 0 Å². The minimum absolute atomic E-state index is 0. The van der Waals surface area contributed by atoms with Crippen molar-refractivity contribution in [3.05, 3.63) is 0 Å². The molecule has 0 bridgehead atoms. The Kier molecular flexibility index (Phi) is 421. The summed E-state index contributed by atoms with van der Waals surface area (Å²) in [4.78, 5) is 0. The molecule has 0 aromatic carbocycles. The quantitative estimate of drug-likeness (QED) is 0.368. The van der Waals surface area contributed by atoms with Crippen LogP contribution in [-0.2, 0) is 0 Å². The van der Waals surface area contributed by atoms with E-state index >= 15 is 0 Å². The minimum Gasteiger partial charge on any atom is -0.412 e. The van der Waals surface area contributed by atoms with E-state index in [1.165, 1.54) is 0 Å². The fourth-order valence-corrected chi connectivity index (χ4v) is 0. The molecule has 0 heterocycles. The molecule has 8 heavy (non-hydrogen) atoms. The lowest BCUT2D eigenvalue weighted by Crippen LogP contribution is -2.02. The smallest absolute Gasteiger partial charge is 0.0553 e. The third-order valence-corrected chi connectivity index (χ3v) is 0.129. The fourth-order valence-electron chi connectivity index (χ4n) is 0. The number of nitrogens with two attached hydrogens (primary N) is 1. The van der Waals surface area contributed by atoms with E-state index in [0.29, 0.717) is 6.54 Å². The monoisotopic (exact) mass is 133 g/mol. The van der Waals surface area contributed by atoms with Gasteiger partial charge in [-0.1, -0.05) is 0 Å². The Morgan fingerprint density at radius 2 is 1.12 bits per heavy atom. The van der Waals surface area contributed by atoms with E-state index in [1.807, 2.05) is 0 Å². The summed E-state index contributed by atoms with van der Waals surface area (Å²) in [6.07, 6.45) is 0. The van der Waals surface area contributed by atoms with Crippen molar-refractivity contribution in [2.75, 3.05) is 13.2 Å². The van der Waals surface area contributed by atoms with E-state index in [4.69, 9.17) is 10.8 Å². The maximum absolute atomic E-state index is 7.75. The zero-order valence-corrected chi connectivity index (χ0v) is 4.44. The van der Waals surface area contributed by atoms with Crippen LogP contribution in [0.15, 0.2) is 0 Å². The Hall–Kier alpha value is -0.240. The average Bonchev–Trinajstić information content (AvgIpc) is 1.37. The van der Waals surface area contributed by atoms with Gasteiger partial charge in [-0.2, -0.15) is 0 Å². The highest BCUT2D eigenvalue weighted by Gasteiger charge is 1.56. The predicted molar refractivity (Wildman–Crippen MR) is 30.6 cm³/mol. The molecule has 0 radical (unpaired) electrons. The van der Waals surface area contributed by atoms with Crippen LogP contribution in [0.3, 0.4) is 0 Å². The molecule has 0 spiro atoms. The van der Waals surface area contributed by atoms with Gasteiger partial charge in [0, 0.05) is 6.54 Å². The van der Waals surface area contributed by atoms with E-state index < -0.39 is 0 Å². The number of aliphatic hydroxyl groups excluding tert-OH is 1. The van der Waals surface area contributed by atoms with Crippen LogP contribution < -0.4 is 5.73 Å². The highest BCUT2D eigenvalue weighted by molar-refractivity contribution is 4.17. The van der Waals surface area contributed by atoms with E-state index in [9.17, 15) is 0 Å². The Morgan fingerprint density at radius 3 is 1.12 bits per heavy atom. The lowest BCUT2D eigenvalue weighted by atomic mass is 10.8. The summed E-state index contributed by atoms with van der Waals surface area (Å²) in [6.45, 7) is 0.472. The molecule has 0 aliphatic heterocycles. The Morgan fingerprint density at radius 1 is 1.00 bits per heavy atom. The summed E-state index contributed by atoms with van der Waals surface area (Å²) in [5.41, 5.74) is 4.78. The predicted octanol–water partition coefficient (Wildman–Crippen LogP) is -4.36. The first kappa shape index (κ1) is 46.6. The van der Waals surface area contributed by atoms with Gasteiger partial charge >= 0.3 is 0 Å². The molecule has 6 heteroatoms. The molecule has 11 N–H and O–H groups in total. The summed E-state index contributed by atoms with van der Waals surface area (Å²) in [5.74, 6) is 0. The summed E-state index contributed by atoms with van der Waals surface area (Å²) < 4.78 is 0. The van der Waals surface area contributed by atoms with Crippen molar-refractivity contribution in [3.63, 3.8) is 0 Å².